The Hall–Kier alpha value is -0.820. The Bertz CT molecular complexity index is 516. The fraction of sp³-hybridized carbons (Fsp3) is 0.938. The van der Waals surface area contributed by atoms with E-state index in [0.717, 1.165) is 51.7 Å². The minimum absolute atomic E-state index is 0.0838. The number of carbonyl (C=O) groups is 1. The zero-order valence-corrected chi connectivity index (χ0v) is 14.5. The average Bonchev–Trinajstić information content (AvgIpc) is 3.05. The SMILES string of the molecule is O=C(NCCCC1CCOC1)N1CCS(=O)(=O)C2CCCCC21. The monoisotopic (exact) mass is 344 g/mol. The van der Waals surface area contributed by atoms with Gasteiger partial charge in [-0.25, -0.2) is 13.2 Å². The summed E-state index contributed by atoms with van der Waals surface area (Å²) in [5.41, 5.74) is 0. The third kappa shape index (κ3) is 3.99. The van der Waals surface area contributed by atoms with Crippen LogP contribution in [0.25, 0.3) is 0 Å². The predicted octanol–water partition coefficient (Wildman–Crippen LogP) is 1.55. The summed E-state index contributed by atoms with van der Waals surface area (Å²) in [4.78, 5) is 14.2. The van der Waals surface area contributed by atoms with Gasteiger partial charge in [0.2, 0.25) is 0 Å². The van der Waals surface area contributed by atoms with Crippen LogP contribution in [0.15, 0.2) is 0 Å². The van der Waals surface area contributed by atoms with Gasteiger partial charge < -0.3 is 15.0 Å². The van der Waals surface area contributed by atoms with Crippen LogP contribution in [0.3, 0.4) is 0 Å². The molecule has 2 saturated heterocycles. The summed E-state index contributed by atoms with van der Waals surface area (Å²) < 4.78 is 29.8. The number of hydrogen-bond acceptors (Lipinski definition) is 4. The fourth-order valence-electron chi connectivity index (χ4n) is 4.15. The van der Waals surface area contributed by atoms with Crippen molar-refractivity contribution < 1.29 is 17.9 Å². The zero-order chi connectivity index (χ0) is 16.3. The standard InChI is InChI=1S/C16H28N2O4S/c19-16(17-8-3-4-13-7-10-22-12-13)18-9-11-23(20,21)15-6-2-1-5-14(15)18/h13-15H,1-12H2,(H,17,19). The summed E-state index contributed by atoms with van der Waals surface area (Å²) in [6, 6.07) is -0.204. The van der Waals surface area contributed by atoms with Crippen molar-refractivity contribution >= 4 is 15.9 Å². The van der Waals surface area contributed by atoms with E-state index < -0.39 is 9.84 Å². The molecule has 3 fully saturated rings. The van der Waals surface area contributed by atoms with Crippen LogP contribution >= 0.6 is 0 Å². The van der Waals surface area contributed by atoms with Gasteiger partial charge in [0.05, 0.1) is 17.0 Å². The zero-order valence-electron chi connectivity index (χ0n) is 13.7. The molecular formula is C16H28N2O4S. The van der Waals surface area contributed by atoms with Crippen LogP contribution in [-0.2, 0) is 14.6 Å². The molecule has 1 N–H and O–H groups in total. The third-order valence-electron chi connectivity index (χ3n) is 5.50. The third-order valence-corrected chi connectivity index (χ3v) is 7.72. The lowest BCUT2D eigenvalue weighted by Crippen LogP contribution is -2.59. The molecule has 0 bridgehead atoms. The maximum atomic E-state index is 12.5. The molecule has 7 heteroatoms. The molecule has 0 aromatic rings. The van der Waals surface area contributed by atoms with Gasteiger partial charge in [0.25, 0.3) is 0 Å². The summed E-state index contributed by atoms with van der Waals surface area (Å²) in [5, 5.41) is 2.65. The Morgan fingerprint density at radius 1 is 1.22 bits per heavy atom. The van der Waals surface area contributed by atoms with Crippen LogP contribution in [0, 0.1) is 5.92 Å². The normalized spacial score (nSPS) is 33.2. The first-order valence-corrected chi connectivity index (χ1v) is 10.6. The molecule has 132 valence electrons. The van der Waals surface area contributed by atoms with Crippen molar-refractivity contribution in [3.05, 3.63) is 0 Å². The number of urea groups is 1. The molecule has 2 heterocycles. The van der Waals surface area contributed by atoms with Gasteiger partial charge in [-0.2, -0.15) is 0 Å². The lowest BCUT2D eigenvalue weighted by Gasteiger charge is -2.43. The molecule has 1 aliphatic carbocycles. The van der Waals surface area contributed by atoms with Crippen LogP contribution in [-0.4, -0.2) is 62.7 Å². The van der Waals surface area contributed by atoms with Crippen molar-refractivity contribution in [2.75, 3.05) is 32.1 Å². The molecule has 0 spiro atoms. The van der Waals surface area contributed by atoms with Gasteiger partial charge in [-0.3, -0.25) is 0 Å². The second-order valence-corrected chi connectivity index (χ2v) is 9.39. The van der Waals surface area contributed by atoms with Gasteiger partial charge in [0, 0.05) is 26.3 Å². The summed E-state index contributed by atoms with van der Waals surface area (Å²) in [7, 11) is -3.02. The Balaban J connectivity index is 1.48. The van der Waals surface area contributed by atoms with Crippen molar-refractivity contribution in [2.24, 2.45) is 5.92 Å². The van der Waals surface area contributed by atoms with Crippen LogP contribution in [0.2, 0.25) is 0 Å². The second-order valence-electron chi connectivity index (χ2n) is 7.05. The largest absolute Gasteiger partial charge is 0.381 e. The van der Waals surface area contributed by atoms with Crippen molar-refractivity contribution in [2.45, 2.75) is 56.2 Å². The molecule has 2 amide bonds. The summed E-state index contributed by atoms with van der Waals surface area (Å²) >= 11 is 0. The van der Waals surface area contributed by atoms with Gasteiger partial charge in [0.15, 0.2) is 9.84 Å². The number of ether oxygens (including phenoxy) is 1. The lowest BCUT2D eigenvalue weighted by molar-refractivity contribution is 0.155. The molecule has 0 aromatic heterocycles. The molecule has 3 unspecified atom stereocenters. The van der Waals surface area contributed by atoms with E-state index in [1.165, 1.54) is 0 Å². The second kappa shape index (κ2) is 7.38. The Kier molecular flexibility index (Phi) is 5.46. The van der Waals surface area contributed by atoms with Crippen molar-refractivity contribution in [1.82, 2.24) is 10.2 Å². The molecule has 0 aromatic carbocycles. The first kappa shape index (κ1) is 17.0. The molecule has 1 saturated carbocycles. The van der Waals surface area contributed by atoms with Gasteiger partial charge in [-0.05, 0) is 38.0 Å². The topological polar surface area (TPSA) is 75.7 Å². The van der Waals surface area contributed by atoms with E-state index in [-0.39, 0.29) is 23.1 Å². The van der Waals surface area contributed by atoms with Crippen molar-refractivity contribution in [3.63, 3.8) is 0 Å². The number of hydrogen-bond donors (Lipinski definition) is 1. The van der Waals surface area contributed by atoms with E-state index in [9.17, 15) is 13.2 Å². The summed E-state index contributed by atoms with van der Waals surface area (Å²) in [5.74, 6) is 0.746. The van der Waals surface area contributed by atoms with Crippen LogP contribution < -0.4 is 5.32 Å². The number of rotatable bonds is 4. The van der Waals surface area contributed by atoms with E-state index >= 15 is 0 Å². The summed E-state index contributed by atoms with van der Waals surface area (Å²) in [6.07, 6.45) is 6.67. The van der Waals surface area contributed by atoms with Crippen LogP contribution in [0.5, 0.6) is 0 Å². The van der Waals surface area contributed by atoms with Crippen LogP contribution in [0.1, 0.15) is 44.9 Å². The highest BCUT2D eigenvalue weighted by atomic mass is 32.2. The fourth-order valence-corrected chi connectivity index (χ4v) is 6.19. The van der Waals surface area contributed by atoms with Crippen molar-refractivity contribution in [1.29, 1.82) is 0 Å². The lowest BCUT2D eigenvalue weighted by atomic mass is 9.93. The minimum atomic E-state index is -3.02. The molecule has 2 aliphatic heterocycles. The van der Waals surface area contributed by atoms with E-state index in [2.05, 4.69) is 5.32 Å². The number of amides is 2. The van der Waals surface area contributed by atoms with E-state index in [1.807, 2.05) is 0 Å². The molecule has 23 heavy (non-hydrogen) atoms. The minimum Gasteiger partial charge on any atom is -0.381 e. The smallest absolute Gasteiger partial charge is 0.317 e. The molecule has 3 aliphatic rings. The van der Waals surface area contributed by atoms with Gasteiger partial charge >= 0.3 is 6.03 Å². The number of nitrogens with zero attached hydrogens (tertiary/aromatic N) is 1. The van der Waals surface area contributed by atoms with Gasteiger partial charge in [-0.1, -0.05) is 12.8 Å². The molecule has 6 nitrogen and oxygen atoms in total. The Labute approximate surface area is 138 Å². The van der Waals surface area contributed by atoms with E-state index in [4.69, 9.17) is 4.74 Å². The number of fused-ring (bicyclic) bond motifs is 1. The van der Waals surface area contributed by atoms with Gasteiger partial charge in [0.1, 0.15) is 0 Å². The number of nitrogens with one attached hydrogen (secondary N) is 1. The molecular weight excluding hydrogens is 316 g/mol. The molecule has 3 rings (SSSR count). The van der Waals surface area contributed by atoms with E-state index in [0.29, 0.717) is 25.4 Å². The Morgan fingerprint density at radius 3 is 2.83 bits per heavy atom. The van der Waals surface area contributed by atoms with Gasteiger partial charge in [-0.15, -0.1) is 0 Å². The van der Waals surface area contributed by atoms with E-state index in [1.54, 1.807) is 4.90 Å². The highest BCUT2D eigenvalue weighted by Crippen LogP contribution is 2.32. The first-order valence-electron chi connectivity index (χ1n) is 8.92. The average molecular weight is 344 g/mol. The summed E-state index contributed by atoms with van der Waals surface area (Å²) in [6.45, 7) is 2.71. The van der Waals surface area contributed by atoms with Crippen molar-refractivity contribution in [3.8, 4) is 0 Å². The number of carbonyl (C=O) groups excluding carboxylic acids is 1. The highest BCUT2D eigenvalue weighted by Gasteiger charge is 2.44. The maximum absolute atomic E-state index is 12.5. The molecule has 0 radical (unpaired) electrons. The highest BCUT2D eigenvalue weighted by molar-refractivity contribution is 7.92. The number of sulfone groups is 1. The maximum Gasteiger partial charge on any atom is 0.317 e. The Morgan fingerprint density at radius 2 is 2.04 bits per heavy atom. The molecule has 3 atom stereocenters. The quantitative estimate of drug-likeness (QED) is 0.785. The first-order chi connectivity index (χ1) is 11.1. The van der Waals surface area contributed by atoms with Crippen LogP contribution in [0.4, 0.5) is 4.79 Å². The predicted molar refractivity (Wildman–Crippen MR) is 88.1 cm³/mol.